The summed E-state index contributed by atoms with van der Waals surface area (Å²) in [6.45, 7) is 4.03. The van der Waals surface area contributed by atoms with Crippen LogP contribution in [0.25, 0.3) is 5.65 Å². The molecule has 2 rings (SSSR count). The summed E-state index contributed by atoms with van der Waals surface area (Å²) in [6.07, 6.45) is 0.833. The standard InChI is InChI=1S/C11H13ClIN3O/c1-3-7(5-17)8-4-9(12)16-11(14-8)10(13)6(2)15-16/h4,7,17H,3,5H2,1-2H3. The highest BCUT2D eigenvalue weighted by Crippen LogP contribution is 2.25. The molecule has 0 saturated carbocycles. The van der Waals surface area contributed by atoms with E-state index in [2.05, 4.69) is 32.7 Å². The minimum Gasteiger partial charge on any atom is -0.396 e. The average molecular weight is 366 g/mol. The van der Waals surface area contributed by atoms with Crippen LogP contribution in [0.3, 0.4) is 0 Å². The predicted octanol–water partition coefficient (Wildman–Crippen LogP) is 2.78. The number of aromatic nitrogens is 3. The van der Waals surface area contributed by atoms with E-state index in [-0.39, 0.29) is 12.5 Å². The van der Waals surface area contributed by atoms with Gasteiger partial charge in [0.25, 0.3) is 0 Å². The molecule has 0 saturated heterocycles. The fourth-order valence-electron chi connectivity index (χ4n) is 1.72. The molecule has 0 aliphatic rings. The van der Waals surface area contributed by atoms with E-state index in [0.717, 1.165) is 27.0 Å². The van der Waals surface area contributed by atoms with Crippen LogP contribution < -0.4 is 0 Å². The van der Waals surface area contributed by atoms with Crippen molar-refractivity contribution in [1.82, 2.24) is 14.6 Å². The zero-order valence-corrected chi connectivity index (χ0v) is 12.5. The molecule has 6 heteroatoms. The van der Waals surface area contributed by atoms with Crippen LogP contribution in [0.1, 0.15) is 30.7 Å². The van der Waals surface area contributed by atoms with Gasteiger partial charge in [0.1, 0.15) is 5.15 Å². The molecule has 1 N–H and O–H groups in total. The molecule has 4 nitrogen and oxygen atoms in total. The summed E-state index contributed by atoms with van der Waals surface area (Å²) in [4.78, 5) is 4.55. The lowest BCUT2D eigenvalue weighted by Crippen LogP contribution is -2.07. The van der Waals surface area contributed by atoms with Crippen molar-refractivity contribution in [3.05, 3.63) is 26.2 Å². The summed E-state index contributed by atoms with van der Waals surface area (Å²) in [5.74, 6) is 0.0310. The zero-order chi connectivity index (χ0) is 12.6. The van der Waals surface area contributed by atoms with E-state index in [1.54, 1.807) is 10.6 Å². The van der Waals surface area contributed by atoms with Gasteiger partial charge in [-0.3, -0.25) is 0 Å². The van der Waals surface area contributed by atoms with Crippen LogP contribution in [-0.4, -0.2) is 26.3 Å². The number of aliphatic hydroxyl groups excluding tert-OH is 1. The van der Waals surface area contributed by atoms with Crippen LogP contribution in [0.4, 0.5) is 0 Å². The molecule has 0 bridgehead atoms. The molecule has 2 aromatic heterocycles. The van der Waals surface area contributed by atoms with E-state index in [4.69, 9.17) is 11.6 Å². The van der Waals surface area contributed by atoms with Crippen molar-refractivity contribution < 1.29 is 5.11 Å². The molecule has 0 amide bonds. The van der Waals surface area contributed by atoms with Crippen molar-refractivity contribution in [2.24, 2.45) is 0 Å². The van der Waals surface area contributed by atoms with Gasteiger partial charge < -0.3 is 5.11 Å². The molecule has 92 valence electrons. The Labute approximate surface area is 118 Å². The topological polar surface area (TPSA) is 50.4 Å². The predicted molar refractivity (Wildman–Crippen MR) is 75.6 cm³/mol. The van der Waals surface area contributed by atoms with Gasteiger partial charge in [0.2, 0.25) is 0 Å². The van der Waals surface area contributed by atoms with Gasteiger partial charge >= 0.3 is 0 Å². The third-order valence-electron chi connectivity index (χ3n) is 2.80. The number of nitrogens with zero attached hydrogens (tertiary/aromatic N) is 3. The van der Waals surface area contributed by atoms with E-state index in [0.29, 0.717) is 5.15 Å². The zero-order valence-electron chi connectivity index (χ0n) is 9.61. The Bertz CT molecular complexity index is 551. The maximum Gasteiger partial charge on any atom is 0.170 e. The van der Waals surface area contributed by atoms with Crippen LogP contribution in [0.15, 0.2) is 6.07 Å². The third kappa shape index (κ3) is 2.28. The normalized spacial score (nSPS) is 13.2. The van der Waals surface area contributed by atoms with Gasteiger partial charge in [-0.05, 0) is 42.0 Å². The molecular weight excluding hydrogens is 352 g/mol. The summed E-state index contributed by atoms with van der Waals surface area (Å²) in [6, 6.07) is 1.78. The van der Waals surface area contributed by atoms with Crippen LogP contribution in [0.2, 0.25) is 5.15 Å². The molecular formula is C11H13ClIN3O. The van der Waals surface area contributed by atoms with Crippen molar-refractivity contribution >= 4 is 39.8 Å². The summed E-state index contributed by atoms with van der Waals surface area (Å²) in [5, 5.41) is 14.2. The van der Waals surface area contributed by atoms with Gasteiger partial charge in [-0.1, -0.05) is 18.5 Å². The molecule has 0 fully saturated rings. The molecule has 0 aromatic carbocycles. The second kappa shape index (κ2) is 5.07. The van der Waals surface area contributed by atoms with Crippen LogP contribution >= 0.6 is 34.2 Å². The van der Waals surface area contributed by atoms with E-state index >= 15 is 0 Å². The number of fused-ring (bicyclic) bond motifs is 1. The number of aliphatic hydroxyl groups is 1. The van der Waals surface area contributed by atoms with E-state index < -0.39 is 0 Å². The second-order valence-corrected chi connectivity index (χ2v) is 5.39. The Morgan fingerprint density at radius 3 is 2.88 bits per heavy atom. The number of halogens is 2. The molecule has 1 unspecified atom stereocenters. The molecule has 0 radical (unpaired) electrons. The lowest BCUT2D eigenvalue weighted by Gasteiger charge is -2.11. The highest BCUT2D eigenvalue weighted by Gasteiger charge is 2.16. The van der Waals surface area contributed by atoms with E-state index in [1.807, 2.05) is 13.8 Å². The van der Waals surface area contributed by atoms with Gasteiger partial charge in [-0.25, -0.2) is 9.50 Å². The molecule has 2 heterocycles. The van der Waals surface area contributed by atoms with Crippen molar-refractivity contribution in [2.45, 2.75) is 26.2 Å². The van der Waals surface area contributed by atoms with Crippen molar-refractivity contribution in [3.63, 3.8) is 0 Å². The summed E-state index contributed by atoms with van der Waals surface area (Å²) in [7, 11) is 0. The Morgan fingerprint density at radius 2 is 2.29 bits per heavy atom. The van der Waals surface area contributed by atoms with Gasteiger partial charge in [-0.15, -0.1) is 0 Å². The number of aryl methyl sites for hydroxylation is 1. The summed E-state index contributed by atoms with van der Waals surface area (Å²) in [5.41, 5.74) is 2.50. The first-order chi connectivity index (χ1) is 8.08. The first-order valence-electron chi connectivity index (χ1n) is 5.40. The molecule has 0 aliphatic heterocycles. The minimum absolute atomic E-state index is 0.0310. The van der Waals surface area contributed by atoms with Crippen molar-refractivity contribution in [3.8, 4) is 0 Å². The lowest BCUT2D eigenvalue weighted by molar-refractivity contribution is 0.260. The molecule has 0 spiro atoms. The molecule has 2 aromatic rings. The monoisotopic (exact) mass is 365 g/mol. The fraction of sp³-hybridized carbons (Fsp3) is 0.455. The van der Waals surface area contributed by atoms with Gasteiger partial charge in [0, 0.05) is 5.92 Å². The average Bonchev–Trinajstić information content (AvgIpc) is 2.59. The van der Waals surface area contributed by atoms with Crippen molar-refractivity contribution in [2.75, 3.05) is 6.61 Å². The van der Waals surface area contributed by atoms with Crippen LogP contribution in [0, 0.1) is 10.5 Å². The smallest absolute Gasteiger partial charge is 0.170 e. The minimum atomic E-state index is 0.0310. The summed E-state index contributed by atoms with van der Waals surface area (Å²) < 4.78 is 2.63. The van der Waals surface area contributed by atoms with Gasteiger partial charge in [-0.2, -0.15) is 5.10 Å². The van der Waals surface area contributed by atoms with Crippen molar-refractivity contribution in [1.29, 1.82) is 0 Å². The Kier molecular flexibility index (Phi) is 3.89. The lowest BCUT2D eigenvalue weighted by atomic mass is 10.0. The maximum atomic E-state index is 9.31. The van der Waals surface area contributed by atoms with Crippen LogP contribution in [-0.2, 0) is 0 Å². The number of hydrogen-bond acceptors (Lipinski definition) is 3. The highest BCUT2D eigenvalue weighted by molar-refractivity contribution is 14.1. The Balaban J connectivity index is 2.65. The Morgan fingerprint density at radius 1 is 1.59 bits per heavy atom. The molecule has 0 aliphatic carbocycles. The van der Waals surface area contributed by atoms with Crippen LogP contribution in [0.5, 0.6) is 0 Å². The largest absolute Gasteiger partial charge is 0.396 e. The second-order valence-electron chi connectivity index (χ2n) is 3.93. The van der Waals surface area contributed by atoms with Gasteiger partial charge in [0.15, 0.2) is 5.65 Å². The quantitative estimate of drug-likeness (QED) is 0.672. The third-order valence-corrected chi connectivity index (χ3v) is 4.33. The van der Waals surface area contributed by atoms with Gasteiger partial charge in [0.05, 0.1) is 21.6 Å². The summed E-state index contributed by atoms with van der Waals surface area (Å²) >= 11 is 8.39. The Hall–Kier alpha value is -0.400. The molecule has 17 heavy (non-hydrogen) atoms. The fourth-order valence-corrected chi connectivity index (χ4v) is 2.41. The highest BCUT2D eigenvalue weighted by atomic mass is 127. The van der Waals surface area contributed by atoms with E-state index in [1.165, 1.54) is 0 Å². The molecule has 1 atom stereocenters. The van der Waals surface area contributed by atoms with E-state index in [9.17, 15) is 5.11 Å². The maximum absolute atomic E-state index is 9.31. The SMILES string of the molecule is CCC(CO)c1cc(Cl)n2nc(C)c(I)c2n1. The number of rotatable bonds is 3. The first-order valence-corrected chi connectivity index (χ1v) is 6.86. The number of hydrogen-bond donors (Lipinski definition) is 1. The first kappa shape index (κ1) is 13.0.